The second-order valence-electron chi connectivity index (χ2n) is 5.12. The highest BCUT2D eigenvalue weighted by molar-refractivity contribution is 5.68. The Kier molecular flexibility index (Phi) is 2.83. The van der Waals surface area contributed by atoms with Gasteiger partial charge in [-0.05, 0) is 43.4 Å². The van der Waals surface area contributed by atoms with Crippen molar-refractivity contribution in [3.63, 3.8) is 0 Å². The van der Waals surface area contributed by atoms with Crippen molar-refractivity contribution >= 4 is 5.69 Å². The molecular formula is C14H21NO. The van der Waals surface area contributed by atoms with E-state index in [1.165, 1.54) is 22.4 Å². The largest absolute Gasteiger partial charge is 0.486 e. The summed E-state index contributed by atoms with van der Waals surface area (Å²) in [4.78, 5) is 0. The third-order valence-electron chi connectivity index (χ3n) is 3.48. The standard InChI is InChI=1S/C14H21NO/c1-8(2)12-7-15-13-11(5)9(3)6-10(4)14(13)16-12/h6,8,12,15H,7H2,1-5H3. The van der Waals surface area contributed by atoms with Gasteiger partial charge in [0.2, 0.25) is 0 Å². The number of benzene rings is 1. The molecule has 0 saturated carbocycles. The zero-order valence-electron chi connectivity index (χ0n) is 10.8. The first kappa shape index (κ1) is 11.3. The zero-order chi connectivity index (χ0) is 11.9. The molecule has 1 unspecified atom stereocenters. The molecule has 16 heavy (non-hydrogen) atoms. The molecule has 1 aromatic rings. The number of aryl methyl sites for hydroxylation is 2. The monoisotopic (exact) mass is 219 g/mol. The molecule has 0 saturated heterocycles. The van der Waals surface area contributed by atoms with Crippen LogP contribution < -0.4 is 10.1 Å². The van der Waals surface area contributed by atoms with Gasteiger partial charge in [-0.1, -0.05) is 19.9 Å². The summed E-state index contributed by atoms with van der Waals surface area (Å²) in [6.45, 7) is 11.7. The van der Waals surface area contributed by atoms with Gasteiger partial charge in [0.1, 0.15) is 11.9 Å². The van der Waals surface area contributed by atoms with Gasteiger partial charge in [0.25, 0.3) is 0 Å². The molecule has 1 aliphatic heterocycles. The van der Waals surface area contributed by atoms with Gasteiger partial charge in [0.05, 0.1) is 12.2 Å². The molecule has 1 atom stereocenters. The highest BCUT2D eigenvalue weighted by atomic mass is 16.5. The summed E-state index contributed by atoms with van der Waals surface area (Å²) in [5.41, 5.74) is 5.06. The van der Waals surface area contributed by atoms with Crippen LogP contribution in [0.1, 0.15) is 30.5 Å². The summed E-state index contributed by atoms with van der Waals surface area (Å²) in [7, 11) is 0. The van der Waals surface area contributed by atoms with E-state index in [2.05, 4.69) is 46.0 Å². The van der Waals surface area contributed by atoms with Crippen molar-refractivity contribution in [3.8, 4) is 5.75 Å². The van der Waals surface area contributed by atoms with E-state index in [-0.39, 0.29) is 6.10 Å². The Bertz CT molecular complexity index is 410. The van der Waals surface area contributed by atoms with Crippen molar-refractivity contribution in [2.45, 2.75) is 40.7 Å². The predicted octanol–water partition coefficient (Wildman–Crippen LogP) is 3.44. The Morgan fingerprint density at radius 2 is 1.94 bits per heavy atom. The van der Waals surface area contributed by atoms with Crippen LogP contribution in [0.4, 0.5) is 5.69 Å². The predicted molar refractivity (Wildman–Crippen MR) is 68.4 cm³/mol. The third-order valence-corrected chi connectivity index (χ3v) is 3.48. The van der Waals surface area contributed by atoms with E-state index < -0.39 is 0 Å². The quantitative estimate of drug-likeness (QED) is 0.781. The van der Waals surface area contributed by atoms with Crippen LogP contribution in [-0.2, 0) is 0 Å². The number of rotatable bonds is 1. The maximum atomic E-state index is 6.10. The molecule has 2 rings (SSSR count). The summed E-state index contributed by atoms with van der Waals surface area (Å²) < 4.78 is 6.10. The lowest BCUT2D eigenvalue weighted by molar-refractivity contribution is 0.155. The van der Waals surface area contributed by atoms with Gasteiger partial charge in [-0.15, -0.1) is 0 Å². The lowest BCUT2D eigenvalue weighted by Crippen LogP contribution is -2.35. The van der Waals surface area contributed by atoms with E-state index in [1.54, 1.807) is 0 Å². The molecule has 0 aromatic heterocycles. The van der Waals surface area contributed by atoms with Crippen molar-refractivity contribution in [1.82, 2.24) is 0 Å². The Balaban J connectivity index is 2.43. The lowest BCUT2D eigenvalue weighted by Gasteiger charge is -2.32. The van der Waals surface area contributed by atoms with Gasteiger partial charge in [-0.25, -0.2) is 0 Å². The van der Waals surface area contributed by atoms with Crippen LogP contribution in [0, 0.1) is 26.7 Å². The smallest absolute Gasteiger partial charge is 0.146 e. The van der Waals surface area contributed by atoms with Crippen LogP contribution in [0.5, 0.6) is 5.75 Å². The van der Waals surface area contributed by atoms with Crippen LogP contribution >= 0.6 is 0 Å². The highest BCUT2D eigenvalue weighted by Gasteiger charge is 2.25. The van der Waals surface area contributed by atoms with Crippen molar-refractivity contribution in [2.24, 2.45) is 5.92 Å². The van der Waals surface area contributed by atoms with E-state index in [1.807, 2.05) is 0 Å². The van der Waals surface area contributed by atoms with Crippen molar-refractivity contribution < 1.29 is 4.74 Å². The van der Waals surface area contributed by atoms with Gasteiger partial charge in [-0.3, -0.25) is 0 Å². The zero-order valence-corrected chi connectivity index (χ0v) is 10.8. The minimum Gasteiger partial charge on any atom is -0.486 e. The first-order valence-corrected chi connectivity index (χ1v) is 6.02. The van der Waals surface area contributed by atoms with Crippen LogP contribution in [0.15, 0.2) is 6.07 Å². The summed E-state index contributed by atoms with van der Waals surface area (Å²) in [6, 6.07) is 2.21. The maximum Gasteiger partial charge on any atom is 0.146 e. The first-order chi connectivity index (χ1) is 7.50. The van der Waals surface area contributed by atoms with Gasteiger partial charge in [0, 0.05) is 0 Å². The maximum absolute atomic E-state index is 6.10. The van der Waals surface area contributed by atoms with E-state index in [9.17, 15) is 0 Å². The van der Waals surface area contributed by atoms with E-state index >= 15 is 0 Å². The molecule has 1 aromatic carbocycles. The van der Waals surface area contributed by atoms with Crippen LogP contribution in [0.3, 0.4) is 0 Å². The van der Waals surface area contributed by atoms with Crippen molar-refractivity contribution in [3.05, 3.63) is 22.8 Å². The lowest BCUT2D eigenvalue weighted by atomic mass is 9.99. The molecule has 1 aliphatic rings. The fourth-order valence-electron chi connectivity index (χ4n) is 2.20. The summed E-state index contributed by atoms with van der Waals surface area (Å²) in [6.07, 6.45) is 0.285. The summed E-state index contributed by atoms with van der Waals surface area (Å²) in [5.74, 6) is 1.59. The molecule has 0 aliphatic carbocycles. The molecule has 1 N–H and O–H groups in total. The fraction of sp³-hybridized carbons (Fsp3) is 0.571. The number of hydrogen-bond donors (Lipinski definition) is 1. The Labute approximate surface area is 98.0 Å². The van der Waals surface area contributed by atoms with Crippen LogP contribution in [0.2, 0.25) is 0 Å². The second-order valence-corrected chi connectivity index (χ2v) is 5.12. The Morgan fingerprint density at radius 1 is 1.25 bits per heavy atom. The third kappa shape index (κ3) is 1.77. The molecule has 0 fully saturated rings. The number of hydrogen-bond acceptors (Lipinski definition) is 2. The molecule has 88 valence electrons. The van der Waals surface area contributed by atoms with Gasteiger partial charge < -0.3 is 10.1 Å². The average Bonchev–Trinajstić information content (AvgIpc) is 2.25. The molecule has 2 nitrogen and oxygen atoms in total. The Morgan fingerprint density at radius 3 is 2.56 bits per heavy atom. The number of fused-ring (bicyclic) bond motifs is 1. The van der Waals surface area contributed by atoms with Crippen LogP contribution in [0.25, 0.3) is 0 Å². The van der Waals surface area contributed by atoms with E-state index in [4.69, 9.17) is 4.74 Å². The Hall–Kier alpha value is -1.18. The average molecular weight is 219 g/mol. The highest BCUT2D eigenvalue weighted by Crippen LogP contribution is 2.38. The molecule has 0 bridgehead atoms. The fourth-order valence-corrected chi connectivity index (χ4v) is 2.20. The van der Waals surface area contributed by atoms with Crippen molar-refractivity contribution in [2.75, 3.05) is 11.9 Å². The van der Waals surface area contributed by atoms with E-state index in [0.29, 0.717) is 5.92 Å². The van der Waals surface area contributed by atoms with E-state index in [0.717, 1.165) is 12.3 Å². The normalized spacial score (nSPS) is 19.0. The van der Waals surface area contributed by atoms with Crippen molar-refractivity contribution in [1.29, 1.82) is 0 Å². The molecule has 0 radical (unpaired) electrons. The summed E-state index contributed by atoms with van der Waals surface area (Å²) >= 11 is 0. The SMILES string of the molecule is Cc1cc(C)c2c(c1C)NCC(C(C)C)O2. The second kappa shape index (κ2) is 4.00. The molecule has 2 heteroatoms. The molecular weight excluding hydrogens is 198 g/mol. The number of nitrogens with one attached hydrogen (secondary N) is 1. The molecule has 0 amide bonds. The minimum absolute atomic E-state index is 0.285. The number of ether oxygens (including phenoxy) is 1. The van der Waals surface area contributed by atoms with Gasteiger partial charge in [0.15, 0.2) is 0 Å². The van der Waals surface area contributed by atoms with Gasteiger partial charge in [-0.2, -0.15) is 0 Å². The van der Waals surface area contributed by atoms with Crippen LogP contribution in [-0.4, -0.2) is 12.6 Å². The number of anilines is 1. The molecule has 0 spiro atoms. The summed E-state index contributed by atoms with van der Waals surface area (Å²) in [5, 5.41) is 3.52. The minimum atomic E-state index is 0.285. The van der Waals surface area contributed by atoms with Gasteiger partial charge >= 0.3 is 0 Å². The topological polar surface area (TPSA) is 21.3 Å². The molecule has 1 heterocycles. The first-order valence-electron chi connectivity index (χ1n) is 6.02.